The second kappa shape index (κ2) is 7.58. The first kappa shape index (κ1) is 17.5. The lowest BCUT2D eigenvalue weighted by atomic mass is 9.84. The zero-order valence-corrected chi connectivity index (χ0v) is 16.2. The van der Waals surface area contributed by atoms with Gasteiger partial charge >= 0.3 is 0 Å². The number of nitrogens with one attached hydrogen (secondary N) is 1. The maximum Gasteiger partial charge on any atom is 0.0325 e. The Labute approximate surface area is 142 Å². The average Bonchev–Trinajstić information content (AvgIpc) is 2.92. The van der Waals surface area contributed by atoms with Crippen molar-refractivity contribution in [2.45, 2.75) is 52.6 Å². The third-order valence-corrected chi connectivity index (χ3v) is 6.36. The van der Waals surface area contributed by atoms with E-state index in [4.69, 9.17) is 0 Å². The Hall–Kier alpha value is 0.1000. The molecule has 2 rings (SSSR count). The van der Waals surface area contributed by atoms with Crippen LogP contribution in [0.15, 0.2) is 15.9 Å². The Balaban J connectivity index is 1.90. The molecule has 1 aromatic rings. The van der Waals surface area contributed by atoms with E-state index in [9.17, 15) is 0 Å². The van der Waals surface area contributed by atoms with E-state index in [0.29, 0.717) is 11.5 Å². The molecule has 0 aromatic carbocycles. The first-order chi connectivity index (χ1) is 9.92. The highest BCUT2D eigenvalue weighted by molar-refractivity contribution is 9.10. The van der Waals surface area contributed by atoms with Crippen molar-refractivity contribution in [3.8, 4) is 0 Å². The standard InChI is InChI=1S/C17H29BrN2S/c1-5-8-19-16-13(6-7-17(16,2)3)10-20(4)11-15-9-14(18)12-21-15/h9,12-13,16,19H,5-8,10-11H2,1-4H3. The highest BCUT2D eigenvalue weighted by Gasteiger charge is 2.41. The summed E-state index contributed by atoms with van der Waals surface area (Å²) in [7, 11) is 2.26. The lowest BCUT2D eigenvalue weighted by Gasteiger charge is -2.33. The fourth-order valence-electron chi connectivity index (χ4n) is 3.62. The maximum absolute atomic E-state index is 3.81. The van der Waals surface area contributed by atoms with Crippen LogP contribution in [0.3, 0.4) is 0 Å². The third kappa shape index (κ3) is 4.78. The molecule has 0 bridgehead atoms. The van der Waals surface area contributed by atoms with Gasteiger partial charge in [-0.1, -0.05) is 20.8 Å². The Morgan fingerprint density at radius 2 is 2.24 bits per heavy atom. The minimum Gasteiger partial charge on any atom is -0.313 e. The van der Waals surface area contributed by atoms with Crippen molar-refractivity contribution in [2.24, 2.45) is 11.3 Å². The van der Waals surface area contributed by atoms with Crippen LogP contribution >= 0.6 is 27.3 Å². The van der Waals surface area contributed by atoms with E-state index < -0.39 is 0 Å². The molecular weight excluding hydrogens is 344 g/mol. The molecule has 1 heterocycles. The molecule has 120 valence electrons. The first-order valence-corrected chi connectivity index (χ1v) is 9.74. The van der Waals surface area contributed by atoms with E-state index in [2.05, 4.69) is 65.4 Å². The fourth-order valence-corrected chi connectivity index (χ4v) is 5.15. The summed E-state index contributed by atoms with van der Waals surface area (Å²) >= 11 is 5.39. The molecule has 4 heteroatoms. The molecule has 0 aliphatic heterocycles. The van der Waals surface area contributed by atoms with Crippen LogP contribution in [0, 0.1) is 11.3 Å². The fraction of sp³-hybridized carbons (Fsp3) is 0.765. The van der Waals surface area contributed by atoms with Crippen molar-refractivity contribution in [3.63, 3.8) is 0 Å². The lowest BCUT2D eigenvalue weighted by molar-refractivity contribution is 0.201. The van der Waals surface area contributed by atoms with Gasteiger partial charge in [-0.2, -0.15) is 0 Å². The van der Waals surface area contributed by atoms with Gasteiger partial charge in [0.25, 0.3) is 0 Å². The van der Waals surface area contributed by atoms with Gasteiger partial charge in [0.1, 0.15) is 0 Å². The van der Waals surface area contributed by atoms with Crippen LogP contribution in [0.1, 0.15) is 44.9 Å². The number of hydrogen-bond donors (Lipinski definition) is 1. The molecule has 0 saturated heterocycles. The topological polar surface area (TPSA) is 15.3 Å². The molecule has 1 fully saturated rings. The van der Waals surface area contributed by atoms with Crippen LogP contribution in [0.4, 0.5) is 0 Å². The molecule has 2 nitrogen and oxygen atoms in total. The van der Waals surface area contributed by atoms with E-state index in [1.54, 1.807) is 0 Å². The highest BCUT2D eigenvalue weighted by Crippen LogP contribution is 2.41. The van der Waals surface area contributed by atoms with Gasteiger partial charge in [0, 0.05) is 33.9 Å². The van der Waals surface area contributed by atoms with Gasteiger partial charge in [0.05, 0.1) is 0 Å². The van der Waals surface area contributed by atoms with Gasteiger partial charge in [0.2, 0.25) is 0 Å². The third-order valence-electron chi connectivity index (χ3n) is 4.68. The van der Waals surface area contributed by atoms with Crippen molar-refractivity contribution in [1.29, 1.82) is 0 Å². The summed E-state index contributed by atoms with van der Waals surface area (Å²) in [4.78, 5) is 3.94. The summed E-state index contributed by atoms with van der Waals surface area (Å²) in [6, 6.07) is 2.90. The normalized spacial score (nSPS) is 24.9. The van der Waals surface area contributed by atoms with E-state index in [1.165, 1.54) is 35.2 Å². The van der Waals surface area contributed by atoms with Gasteiger partial charge < -0.3 is 10.2 Å². The number of halogens is 1. The quantitative estimate of drug-likeness (QED) is 0.742. The summed E-state index contributed by atoms with van der Waals surface area (Å²) in [6.07, 6.45) is 3.92. The summed E-state index contributed by atoms with van der Waals surface area (Å²) in [6.45, 7) is 10.5. The van der Waals surface area contributed by atoms with Crippen LogP contribution in [0.25, 0.3) is 0 Å². The van der Waals surface area contributed by atoms with E-state index in [0.717, 1.165) is 19.0 Å². The lowest BCUT2D eigenvalue weighted by Crippen LogP contribution is -2.45. The molecule has 21 heavy (non-hydrogen) atoms. The molecule has 2 unspecified atom stereocenters. The number of thiophene rings is 1. The maximum atomic E-state index is 3.81. The Bertz CT molecular complexity index is 444. The van der Waals surface area contributed by atoms with E-state index in [-0.39, 0.29) is 0 Å². The summed E-state index contributed by atoms with van der Waals surface area (Å²) in [5.41, 5.74) is 0.437. The van der Waals surface area contributed by atoms with Crippen molar-refractivity contribution >= 4 is 27.3 Å². The van der Waals surface area contributed by atoms with Crippen LogP contribution < -0.4 is 5.32 Å². The van der Waals surface area contributed by atoms with Crippen molar-refractivity contribution in [3.05, 3.63) is 20.8 Å². The predicted molar refractivity (Wildman–Crippen MR) is 96.9 cm³/mol. The molecule has 1 aliphatic carbocycles. The second-order valence-electron chi connectivity index (χ2n) is 7.15. The van der Waals surface area contributed by atoms with Crippen LogP contribution in [-0.2, 0) is 6.54 Å². The Kier molecular flexibility index (Phi) is 6.30. The largest absolute Gasteiger partial charge is 0.313 e. The molecule has 1 saturated carbocycles. The number of rotatable bonds is 7. The van der Waals surface area contributed by atoms with Crippen LogP contribution in [0.2, 0.25) is 0 Å². The van der Waals surface area contributed by atoms with Gasteiger partial charge in [-0.05, 0) is 66.2 Å². The molecule has 1 aromatic heterocycles. The van der Waals surface area contributed by atoms with Crippen LogP contribution in [-0.4, -0.2) is 31.1 Å². The monoisotopic (exact) mass is 372 g/mol. The molecule has 2 atom stereocenters. The molecular formula is C17H29BrN2S. The molecule has 0 amide bonds. The van der Waals surface area contributed by atoms with Gasteiger partial charge in [-0.25, -0.2) is 0 Å². The van der Waals surface area contributed by atoms with E-state index in [1.807, 2.05) is 11.3 Å². The summed E-state index contributed by atoms with van der Waals surface area (Å²) in [5, 5.41) is 5.99. The zero-order valence-electron chi connectivity index (χ0n) is 13.8. The Morgan fingerprint density at radius 1 is 1.48 bits per heavy atom. The second-order valence-corrected chi connectivity index (χ2v) is 9.06. The molecule has 1 N–H and O–H groups in total. The van der Waals surface area contributed by atoms with E-state index >= 15 is 0 Å². The zero-order chi connectivity index (χ0) is 15.5. The van der Waals surface area contributed by atoms with Gasteiger partial charge in [-0.3, -0.25) is 0 Å². The summed E-state index contributed by atoms with van der Waals surface area (Å²) < 4.78 is 1.21. The van der Waals surface area contributed by atoms with Crippen molar-refractivity contribution in [2.75, 3.05) is 20.1 Å². The highest BCUT2D eigenvalue weighted by atomic mass is 79.9. The van der Waals surface area contributed by atoms with Crippen molar-refractivity contribution < 1.29 is 0 Å². The minimum absolute atomic E-state index is 0.437. The van der Waals surface area contributed by atoms with Gasteiger partial charge in [0.15, 0.2) is 0 Å². The molecule has 0 spiro atoms. The van der Waals surface area contributed by atoms with Crippen molar-refractivity contribution in [1.82, 2.24) is 10.2 Å². The smallest absolute Gasteiger partial charge is 0.0325 e. The number of hydrogen-bond acceptors (Lipinski definition) is 3. The van der Waals surface area contributed by atoms with Gasteiger partial charge in [-0.15, -0.1) is 11.3 Å². The first-order valence-electron chi connectivity index (χ1n) is 8.07. The predicted octanol–water partition coefficient (Wildman–Crippen LogP) is 4.75. The molecule has 0 radical (unpaired) electrons. The minimum atomic E-state index is 0.437. The Morgan fingerprint density at radius 3 is 2.86 bits per heavy atom. The summed E-state index contributed by atoms with van der Waals surface area (Å²) in [5.74, 6) is 0.778. The SMILES string of the molecule is CCCNC1C(CN(C)Cc2cc(Br)cs2)CCC1(C)C. The molecule has 1 aliphatic rings. The number of nitrogens with zero attached hydrogens (tertiary/aromatic N) is 1. The average molecular weight is 373 g/mol. The van der Waals surface area contributed by atoms with Crippen LogP contribution in [0.5, 0.6) is 0 Å².